The Kier molecular flexibility index (Phi) is 31.9. The van der Waals surface area contributed by atoms with Gasteiger partial charge in [-0.25, -0.2) is 0 Å². The monoisotopic (exact) mass is 1150 g/mol. The van der Waals surface area contributed by atoms with E-state index in [-0.39, 0.29) is 50.0 Å². The summed E-state index contributed by atoms with van der Waals surface area (Å²) in [7, 11) is 1.80. The number of carbonyl (C=O) groups excluding carboxylic acids is 10. The van der Waals surface area contributed by atoms with E-state index in [1.807, 2.05) is 11.8 Å². The maximum absolute atomic E-state index is 14.1. The van der Waals surface area contributed by atoms with Crippen LogP contribution in [0.5, 0.6) is 0 Å². The number of nitrogens with zero attached hydrogens (tertiary/aromatic N) is 2. The lowest BCUT2D eigenvalue weighted by molar-refractivity contribution is -0.141. The van der Waals surface area contributed by atoms with E-state index in [2.05, 4.69) is 49.5 Å². The summed E-state index contributed by atoms with van der Waals surface area (Å²) in [5.74, 6) is -7.28. The first kappa shape index (κ1) is 73.8. The summed E-state index contributed by atoms with van der Waals surface area (Å²) in [6.45, 7) is 25.6. The van der Waals surface area contributed by atoms with Crippen LogP contribution in [0.3, 0.4) is 0 Å². The molecule has 1 heterocycles. The largest absolute Gasteiger partial charge is 0.395 e. The predicted molar refractivity (Wildman–Crippen MR) is 312 cm³/mol. The number of likely N-dealkylation sites (N-methyl/N-ethyl adjacent to an activating group) is 1. The van der Waals surface area contributed by atoms with Crippen molar-refractivity contribution in [2.75, 3.05) is 33.3 Å². The molecule has 0 saturated carbocycles. The van der Waals surface area contributed by atoms with Gasteiger partial charge in [-0.05, 0) is 112 Å². The zero-order chi connectivity index (χ0) is 62.2. The number of likely N-dealkylation sites (tertiary alicyclic amines) is 1. The van der Waals surface area contributed by atoms with Gasteiger partial charge in [-0.1, -0.05) is 93.4 Å². The number of unbranched alkanes of at least 4 members (excludes halogenated alkanes) is 5. The highest BCUT2D eigenvalue weighted by Crippen LogP contribution is 2.22. The van der Waals surface area contributed by atoms with Gasteiger partial charge in [-0.15, -0.1) is 0 Å². The molecule has 81 heavy (non-hydrogen) atoms. The third kappa shape index (κ3) is 25.4. The summed E-state index contributed by atoms with van der Waals surface area (Å²) in [5.41, 5.74) is 1.70. The molecule has 1 aliphatic rings. The third-order valence-corrected chi connectivity index (χ3v) is 15.1. The number of carbonyl (C=O) groups is 10. The van der Waals surface area contributed by atoms with Crippen LogP contribution in [-0.2, 0) is 47.9 Å². The highest BCUT2D eigenvalue weighted by Gasteiger charge is 2.42. The molecule has 0 aromatic heterocycles. The number of Topliss-reactive ketones (excluding diaryl/α,β-unsaturated/α-hetero) is 1. The lowest BCUT2D eigenvalue weighted by Gasteiger charge is -2.35. The minimum atomic E-state index is -1.68. The summed E-state index contributed by atoms with van der Waals surface area (Å²) < 4.78 is 0. The van der Waals surface area contributed by atoms with Crippen molar-refractivity contribution in [3.05, 3.63) is 0 Å². The van der Waals surface area contributed by atoms with Crippen LogP contribution >= 0.6 is 0 Å². The molecule has 0 aliphatic carbocycles. The predicted octanol–water partition coefficient (Wildman–Crippen LogP) is 1.98. The van der Waals surface area contributed by atoms with Gasteiger partial charge in [0, 0.05) is 38.5 Å². The number of ketones is 1. The Hall–Kier alpha value is -5.26. The molecule has 0 radical (unpaired) electrons. The van der Waals surface area contributed by atoms with Crippen LogP contribution < -0.4 is 48.3 Å². The fourth-order valence-corrected chi connectivity index (χ4v) is 9.51. The summed E-state index contributed by atoms with van der Waals surface area (Å²) >= 11 is 0. The van der Waals surface area contributed by atoms with Gasteiger partial charge in [0.05, 0.1) is 18.8 Å². The summed E-state index contributed by atoms with van der Waals surface area (Å²) in [6, 6.07) is -6.91. The molecule has 0 spiro atoms. The molecule has 12 N–H and O–H groups in total. The molecule has 0 bridgehead atoms. The molecule has 3 unspecified atom stereocenters. The van der Waals surface area contributed by atoms with Crippen LogP contribution in [0, 0.1) is 17.8 Å². The highest BCUT2D eigenvalue weighted by atomic mass is 16.3. The lowest BCUT2D eigenvalue weighted by atomic mass is 9.92. The molecular formula is C58H107N11O12. The van der Waals surface area contributed by atoms with Crippen molar-refractivity contribution in [3.63, 3.8) is 0 Å². The molecule has 0 aromatic rings. The maximum atomic E-state index is 14.1. The first-order valence-electron chi connectivity index (χ1n) is 29.6. The zero-order valence-corrected chi connectivity index (χ0v) is 52.0. The van der Waals surface area contributed by atoms with Crippen molar-refractivity contribution >= 4 is 58.9 Å². The third-order valence-electron chi connectivity index (χ3n) is 15.1. The van der Waals surface area contributed by atoms with Gasteiger partial charge in [0.15, 0.2) is 0 Å². The van der Waals surface area contributed by atoms with E-state index < -0.39 is 124 Å². The molecular weight excluding hydrogens is 1040 g/mol. The van der Waals surface area contributed by atoms with Gasteiger partial charge in [0.2, 0.25) is 53.2 Å². The average Bonchev–Trinajstić information content (AvgIpc) is 3.97. The fourth-order valence-electron chi connectivity index (χ4n) is 9.51. The van der Waals surface area contributed by atoms with E-state index in [1.165, 1.54) is 53.4 Å². The van der Waals surface area contributed by atoms with Gasteiger partial charge in [-0.3, -0.25) is 47.9 Å². The van der Waals surface area contributed by atoms with E-state index in [0.717, 1.165) is 38.5 Å². The van der Waals surface area contributed by atoms with Gasteiger partial charge in [0.1, 0.15) is 52.6 Å². The first-order chi connectivity index (χ1) is 37.6. The van der Waals surface area contributed by atoms with Crippen LogP contribution in [0.15, 0.2) is 0 Å². The van der Waals surface area contributed by atoms with Crippen molar-refractivity contribution in [2.45, 2.75) is 259 Å². The Labute approximate surface area is 483 Å². The molecule has 1 fully saturated rings. The number of nitrogens with two attached hydrogens (primary N) is 1. The second kappa shape index (κ2) is 35.0. The summed E-state index contributed by atoms with van der Waals surface area (Å²) in [5, 5.41) is 41.8. The van der Waals surface area contributed by atoms with E-state index in [0.29, 0.717) is 45.3 Å². The van der Waals surface area contributed by atoms with Crippen LogP contribution in [0.2, 0.25) is 0 Å². The molecule has 1 saturated heterocycles. The molecule has 23 heteroatoms. The molecule has 23 nitrogen and oxygen atoms in total. The number of hydrogen-bond donors (Lipinski definition) is 11. The Morgan fingerprint density at radius 3 is 1.81 bits per heavy atom. The van der Waals surface area contributed by atoms with Crippen LogP contribution in [-0.4, -0.2) is 177 Å². The lowest BCUT2D eigenvalue weighted by Crippen LogP contribution is -2.66. The average molecular weight is 1150 g/mol. The SMILES string of the molecule is CCCCCCCC[C@H](N)C(=O)N1CCC[C@H]1C(=O)N[C@@H](CC(C)CC(O)CC(=O)CC)C(=O)N[C@@H](C)C(=O)NC(C)(C)C(=O)N[C@H](C(=O)N[C@H](C(=O)NC(C)(C)C(=O)NC(C)(C)C(=O)NC(C)CN(C)CCO)C(C)C)[C@@H](C)CC. The molecule has 1 rings (SSSR count). The number of hydrogen-bond acceptors (Lipinski definition) is 14. The van der Waals surface area contributed by atoms with E-state index in [4.69, 9.17) is 5.73 Å². The second-order valence-corrected chi connectivity index (χ2v) is 24.7. The Morgan fingerprint density at radius 1 is 0.667 bits per heavy atom. The highest BCUT2D eigenvalue weighted by molar-refractivity contribution is 6.00. The standard InChI is InChI=1S/C58H107N11O12/c1-17-20-21-22-23-24-26-42(59)52(78)69-28-25-27-44(69)49(75)62-43(32-36(6)31-41(72)33-40(71)19-3)48(74)61-39(9)47(73)65-56(10,11)54(80)64-46(37(7)18-2)50(76)63-45(35(4)5)51(77)66-58(14,15)55(81)67-57(12,13)53(79)60-38(8)34-68(16)29-30-70/h35-39,41-46,70,72H,17-34,59H2,1-16H3,(H,60,79)(H,61,74)(H,62,75)(H,63,76)(H,64,80)(H,65,73)(H,66,77)(H,67,81)/t36?,37-,38?,39-,41?,42-,43-,44-,45-,46-/m0/s1. The van der Waals surface area contributed by atoms with E-state index in [9.17, 15) is 58.2 Å². The van der Waals surface area contributed by atoms with Crippen molar-refractivity contribution in [3.8, 4) is 0 Å². The van der Waals surface area contributed by atoms with Crippen LogP contribution in [0.25, 0.3) is 0 Å². The first-order valence-corrected chi connectivity index (χ1v) is 29.6. The van der Waals surface area contributed by atoms with Gasteiger partial charge >= 0.3 is 0 Å². The number of aliphatic hydroxyl groups is 2. The van der Waals surface area contributed by atoms with Crippen molar-refractivity contribution in [1.82, 2.24) is 52.3 Å². The fraction of sp³-hybridized carbons (Fsp3) is 0.828. The molecule has 9 amide bonds. The quantitative estimate of drug-likeness (QED) is 0.0394. The van der Waals surface area contributed by atoms with Crippen molar-refractivity contribution in [1.29, 1.82) is 0 Å². The number of rotatable bonds is 38. The Bertz CT molecular complexity index is 2090. The Morgan fingerprint density at radius 2 is 1.23 bits per heavy atom. The summed E-state index contributed by atoms with van der Waals surface area (Å²) in [4.78, 5) is 140. The zero-order valence-electron chi connectivity index (χ0n) is 52.0. The van der Waals surface area contributed by atoms with Gasteiger partial charge in [0.25, 0.3) is 0 Å². The van der Waals surface area contributed by atoms with Gasteiger partial charge in [-0.2, -0.15) is 0 Å². The number of amides is 9. The normalized spacial score (nSPS) is 17.3. The van der Waals surface area contributed by atoms with Crippen molar-refractivity contribution in [2.24, 2.45) is 23.5 Å². The molecule has 10 atom stereocenters. The maximum Gasteiger partial charge on any atom is 0.246 e. The number of aliphatic hydroxyl groups excluding tert-OH is 2. The minimum absolute atomic E-state index is 0.00537. The number of nitrogens with one attached hydrogen (secondary N) is 8. The smallest absolute Gasteiger partial charge is 0.246 e. The Balaban J connectivity index is 3.23. The summed E-state index contributed by atoms with van der Waals surface area (Å²) in [6.07, 6.45) is 7.29. The second-order valence-electron chi connectivity index (χ2n) is 24.7. The van der Waals surface area contributed by atoms with Crippen LogP contribution in [0.1, 0.15) is 194 Å². The molecule has 0 aromatic carbocycles. The minimum Gasteiger partial charge on any atom is -0.395 e. The molecule has 1 aliphatic heterocycles. The van der Waals surface area contributed by atoms with E-state index >= 15 is 0 Å². The topological polar surface area (TPSA) is 340 Å². The van der Waals surface area contributed by atoms with Crippen LogP contribution in [0.4, 0.5) is 0 Å². The van der Waals surface area contributed by atoms with Crippen molar-refractivity contribution < 1.29 is 58.2 Å². The van der Waals surface area contributed by atoms with E-state index in [1.54, 1.807) is 48.6 Å². The van der Waals surface area contributed by atoms with Gasteiger partial charge < -0.3 is 68.3 Å². The molecule has 466 valence electrons.